The summed E-state index contributed by atoms with van der Waals surface area (Å²) in [4.78, 5) is 34.1. The van der Waals surface area contributed by atoms with Gasteiger partial charge in [0.05, 0.1) is 30.4 Å². The van der Waals surface area contributed by atoms with Crippen molar-refractivity contribution >= 4 is 29.3 Å². The molecular formula is C19H18N2O7. The Morgan fingerprint density at radius 1 is 1.14 bits per heavy atom. The van der Waals surface area contributed by atoms with Gasteiger partial charge >= 0.3 is 5.97 Å². The molecule has 2 aromatic rings. The fourth-order valence-electron chi connectivity index (χ4n) is 2.23. The zero-order chi connectivity index (χ0) is 20.5. The van der Waals surface area contributed by atoms with Gasteiger partial charge in [0, 0.05) is 18.2 Å². The van der Waals surface area contributed by atoms with Gasteiger partial charge in [-0.1, -0.05) is 12.1 Å². The van der Waals surface area contributed by atoms with Crippen LogP contribution in [-0.4, -0.2) is 37.6 Å². The number of nitro groups is 1. The van der Waals surface area contributed by atoms with Crippen molar-refractivity contribution in [3.63, 3.8) is 0 Å². The minimum atomic E-state index is -0.810. The third-order valence-electron chi connectivity index (χ3n) is 3.56. The van der Waals surface area contributed by atoms with Crippen LogP contribution in [0.5, 0.6) is 11.5 Å². The van der Waals surface area contributed by atoms with E-state index in [0.29, 0.717) is 17.2 Å². The highest BCUT2D eigenvalue weighted by Gasteiger charge is 2.12. The average Bonchev–Trinajstić information content (AvgIpc) is 2.71. The molecule has 9 nitrogen and oxygen atoms in total. The van der Waals surface area contributed by atoms with Gasteiger partial charge in [0.25, 0.3) is 11.6 Å². The summed E-state index contributed by atoms with van der Waals surface area (Å²) in [6.07, 6.45) is 2.27. The molecular weight excluding hydrogens is 368 g/mol. The van der Waals surface area contributed by atoms with E-state index in [1.807, 2.05) is 0 Å². The maximum Gasteiger partial charge on any atom is 0.331 e. The van der Waals surface area contributed by atoms with Crippen LogP contribution < -0.4 is 14.8 Å². The number of anilines is 1. The van der Waals surface area contributed by atoms with E-state index in [1.54, 1.807) is 24.3 Å². The van der Waals surface area contributed by atoms with Gasteiger partial charge in [0.15, 0.2) is 6.61 Å². The number of carbonyl (C=O) groups is 2. The molecule has 2 aromatic carbocycles. The van der Waals surface area contributed by atoms with Crippen LogP contribution in [0.3, 0.4) is 0 Å². The number of nitro benzene ring substituents is 1. The fraction of sp³-hybridized carbons (Fsp3) is 0.158. The van der Waals surface area contributed by atoms with Gasteiger partial charge in [-0.05, 0) is 24.3 Å². The smallest absolute Gasteiger partial charge is 0.331 e. The number of ether oxygens (including phenoxy) is 3. The van der Waals surface area contributed by atoms with Gasteiger partial charge in [-0.3, -0.25) is 14.9 Å². The van der Waals surface area contributed by atoms with E-state index in [-0.39, 0.29) is 11.3 Å². The van der Waals surface area contributed by atoms with Crippen molar-refractivity contribution in [2.45, 2.75) is 0 Å². The maximum absolute atomic E-state index is 12.0. The van der Waals surface area contributed by atoms with Gasteiger partial charge in [0.1, 0.15) is 11.5 Å². The standard InChI is InChI=1S/C19H18N2O7/c1-26-14-8-9-15(17(11-14)27-2)20-18(22)12-28-19(23)10-7-13-5-3-4-6-16(13)21(24)25/h3-11H,12H2,1-2H3,(H,20,22)/b10-7+. The molecule has 0 atom stereocenters. The molecule has 0 aliphatic rings. The first kappa shape index (κ1) is 20.4. The van der Waals surface area contributed by atoms with Crippen LogP contribution in [0.2, 0.25) is 0 Å². The summed E-state index contributed by atoms with van der Waals surface area (Å²) in [5.41, 5.74) is 0.493. The number of esters is 1. The van der Waals surface area contributed by atoms with Crippen molar-refractivity contribution in [3.8, 4) is 11.5 Å². The topological polar surface area (TPSA) is 117 Å². The highest BCUT2D eigenvalue weighted by atomic mass is 16.6. The Labute approximate surface area is 160 Å². The van der Waals surface area contributed by atoms with E-state index in [1.165, 1.54) is 38.5 Å². The van der Waals surface area contributed by atoms with Gasteiger partial charge in [-0.15, -0.1) is 0 Å². The highest BCUT2D eigenvalue weighted by Crippen LogP contribution is 2.28. The molecule has 0 heterocycles. The lowest BCUT2D eigenvalue weighted by Crippen LogP contribution is -2.20. The minimum Gasteiger partial charge on any atom is -0.497 e. The average molecular weight is 386 g/mol. The molecule has 1 amide bonds. The van der Waals surface area contributed by atoms with Crippen LogP contribution in [0.4, 0.5) is 11.4 Å². The van der Waals surface area contributed by atoms with Crippen molar-refractivity contribution in [1.29, 1.82) is 0 Å². The van der Waals surface area contributed by atoms with Gasteiger partial charge in [-0.2, -0.15) is 0 Å². The number of carbonyl (C=O) groups excluding carboxylic acids is 2. The molecule has 0 aromatic heterocycles. The molecule has 28 heavy (non-hydrogen) atoms. The zero-order valence-electron chi connectivity index (χ0n) is 15.2. The molecule has 0 fully saturated rings. The molecule has 0 unspecified atom stereocenters. The normalized spacial score (nSPS) is 10.4. The third kappa shape index (κ3) is 5.56. The fourth-order valence-corrected chi connectivity index (χ4v) is 2.23. The Morgan fingerprint density at radius 3 is 2.57 bits per heavy atom. The van der Waals surface area contributed by atoms with E-state index in [0.717, 1.165) is 6.08 Å². The summed E-state index contributed by atoms with van der Waals surface area (Å²) in [5.74, 6) is -0.442. The van der Waals surface area contributed by atoms with Crippen LogP contribution in [-0.2, 0) is 14.3 Å². The highest BCUT2D eigenvalue weighted by molar-refractivity contribution is 5.95. The molecule has 0 bridgehead atoms. The molecule has 0 radical (unpaired) electrons. The second-order valence-electron chi connectivity index (χ2n) is 5.37. The summed E-state index contributed by atoms with van der Waals surface area (Å²) < 4.78 is 15.1. The largest absolute Gasteiger partial charge is 0.497 e. The number of amides is 1. The molecule has 0 saturated carbocycles. The monoisotopic (exact) mass is 386 g/mol. The lowest BCUT2D eigenvalue weighted by molar-refractivity contribution is -0.385. The van der Waals surface area contributed by atoms with E-state index in [4.69, 9.17) is 14.2 Å². The first-order valence-electron chi connectivity index (χ1n) is 8.04. The lowest BCUT2D eigenvalue weighted by Gasteiger charge is -2.11. The van der Waals surface area contributed by atoms with Crippen LogP contribution in [0.25, 0.3) is 6.08 Å². The van der Waals surface area contributed by atoms with Crippen LogP contribution in [0.15, 0.2) is 48.5 Å². The van der Waals surface area contributed by atoms with Crippen LogP contribution >= 0.6 is 0 Å². The Bertz CT molecular complexity index is 909. The molecule has 0 saturated heterocycles. The van der Waals surface area contributed by atoms with Crippen molar-refractivity contribution in [1.82, 2.24) is 0 Å². The summed E-state index contributed by atoms with van der Waals surface area (Å²) >= 11 is 0. The Morgan fingerprint density at radius 2 is 1.89 bits per heavy atom. The summed E-state index contributed by atoms with van der Waals surface area (Å²) in [5, 5.41) is 13.5. The van der Waals surface area contributed by atoms with E-state index in [2.05, 4.69) is 5.32 Å². The van der Waals surface area contributed by atoms with Crippen LogP contribution in [0.1, 0.15) is 5.56 Å². The number of methoxy groups -OCH3 is 2. The number of hydrogen-bond acceptors (Lipinski definition) is 7. The number of para-hydroxylation sites is 1. The number of rotatable bonds is 8. The van der Waals surface area contributed by atoms with Crippen molar-refractivity contribution < 1.29 is 28.7 Å². The molecule has 9 heteroatoms. The van der Waals surface area contributed by atoms with E-state index < -0.39 is 23.4 Å². The number of hydrogen-bond donors (Lipinski definition) is 1. The quantitative estimate of drug-likeness (QED) is 0.321. The number of nitrogens with zero attached hydrogens (tertiary/aromatic N) is 1. The van der Waals surface area contributed by atoms with Gasteiger partial charge in [0.2, 0.25) is 0 Å². The Hall–Kier alpha value is -3.88. The van der Waals surface area contributed by atoms with Crippen molar-refractivity contribution in [3.05, 3.63) is 64.2 Å². The van der Waals surface area contributed by atoms with Crippen molar-refractivity contribution in [2.24, 2.45) is 0 Å². The molecule has 0 spiro atoms. The van der Waals surface area contributed by atoms with Crippen molar-refractivity contribution in [2.75, 3.05) is 26.1 Å². The molecule has 0 aliphatic heterocycles. The van der Waals surface area contributed by atoms with Crippen LogP contribution in [0, 0.1) is 10.1 Å². The SMILES string of the molecule is COc1ccc(NC(=O)COC(=O)/C=C/c2ccccc2[N+](=O)[O-])c(OC)c1. The Balaban J connectivity index is 1.93. The zero-order valence-corrected chi connectivity index (χ0v) is 15.2. The second-order valence-corrected chi connectivity index (χ2v) is 5.37. The number of nitrogens with one attached hydrogen (secondary N) is 1. The summed E-state index contributed by atoms with van der Waals surface area (Å²) in [6.45, 7) is -0.533. The predicted molar refractivity (Wildman–Crippen MR) is 101 cm³/mol. The predicted octanol–water partition coefficient (Wildman–Crippen LogP) is 2.81. The van der Waals surface area contributed by atoms with E-state index >= 15 is 0 Å². The molecule has 146 valence electrons. The first-order chi connectivity index (χ1) is 13.4. The second kappa shape index (κ2) is 9.72. The van der Waals surface area contributed by atoms with Gasteiger partial charge in [-0.25, -0.2) is 4.79 Å². The first-order valence-corrected chi connectivity index (χ1v) is 8.04. The van der Waals surface area contributed by atoms with Gasteiger partial charge < -0.3 is 19.5 Å². The molecule has 1 N–H and O–H groups in total. The van der Waals surface area contributed by atoms with E-state index in [9.17, 15) is 19.7 Å². The summed E-state index contributed by atoms with van der Waals surface area (Å²) in [7, 11) is 2.95. The molecule has 2 rings (SSSR count). The summed E-state index contributed by atoms with van der Waals surface area (Å²) in [6, 6.07) is 10.8. The minimum absolute atomic E-state index is 0.143. The molecule has 0 aliphatic carbocycles. The third-order valence-corrected chi connectivity index (χ3v) is 3.56. The number of benzene rings is 2. The maximum atomic E-state index is 12.0. The lowest BCUT2D eigenvalue weighted by atomic mass is 10.1. The Kier molecular flexibility index (Phi) is 7.09.